The summed E-state index contributed by atoms with van der Waals surface area (Å²) in [5.74, 6) is 0.187. The number of hydrogen-bond donors (Lipinski definition) is 1. The average Bonchev–Trinajstić information content (AvgIpc) is 2.20. The van der Waals surface area contributed by atoms with Gasteiger partial charge >= 0.3 is 0 Å². The monoisotopic (exact) mass is 199 g/mol. The van der Waals surface area contributed by atoms with Crippen LogP contribution >= 0.6 is 0 Å². The number of nitrogens with two attached hydrogens (primary N) is 1. The largest absolute Gasteiger partial charge is 0.497 e. The minimum Gasteiger partial charge on any atom is -0.497 e. The van der Waals surface area contributed by atoms with Gasteiger partial charge in [0.2, 0.25) is 0 Å². The van der Waals surface area contributed by atoms with Crippen LogP contribution in [0.3, 0.4) is 0 Å². The van der Waals surface area contributed by atoms with Crippen LogP contribution in [0.15, 0.2) is 18.2 Å². The van der Waals surface area contributed by atoms with E-state index in [0.717, 1.165) is 0 Å². The molecule has 0 saturated carbocycles. The molecule has 4 heteroatoms. The minimum atomic E-state index is -0.318. The number of methoxy groups -OCH3 is 1. The summed E-state index contributed by atoms with van der Waals surface area (Å²) in [7, 11) is 1.50. The highest BCUT2D eigenvalue weighted by Crippen LogP contribution is 2.16. The van der Waals surface area contributed by atoms with Crippen LogP contribution in [0.5, 0.6) is 5.75 Å². The van der Waals surface area contributed by atoms with Crippen molar-refractivity contribution in [1.29, 1.82) is 0 Å². The molecule has 0 atom stereocenters. The predicted molar refractivity (Wildman–Crippen MR) is 51.7 cm³/mol. The summed E-state index contributed by atoms with van der Waals surface area (Å²) in [5, 5.41) is 0. The molecule has 14 heavy (non-hydrogen) atoms. The van der Waals surface area contributed by atoms with Gasteiger partial charge in [0.05, 0.1) is 20.3 Å². The van der Waals surface area contributed by atoms with Crippen molar-refractivity contribution in [2.45, 2.75) is 6.61 Å². The lowest BCUT2D eigenvalue weighted by molar-refractivity contribution is 0.125. The summed E-state index contributed by atoms with van der Waals surface area (Å²) in [6.45, 7) is 1.12. The van der Waals surface area contributed by atoms with Gasteiger partial charge in [-0.05, 0) is 6.07 Å². The first-order valence-corrected chi connectivity index (χ1v) is 4.38. The molecule has 0 saturated heterocycles. The molecule has 0 spiro atoms. The van der Waals surface area contributed by atoms with Crippen molar-refractivity contribution in [3.05, 3.63) is 29.6 Å². The van der Waals surface area contributed by atoms with Crippen molar-refractivity contribution in [2.24, 2.45) is 5.73 Å². The maximum atomic E-state index is 13.3. The summed E-state index contributed by atoms with van der Waals surface area (Å²) in [6, 6.07) is 4.68. The van der Waals surface area contributed by atoms with E-state index in [1.807, 2.05) is 0 Å². The van der Waals surface area contributed by atoms with Gasteiger partial charge in [0.15, 0.2) is 0 Å². The molecule has 1 rings (SSSR count). The zero-order valence-electron chi connectivity index (χ0n) is 8.13. The van der Waals surface area contributed by atoms with Crippen molar-refractivity contribution in [1.82, 2.24) is 0 Å². The molecule has 1 aromatic carbocycles. The van der Waals surface area contributed by atoms with Crippen molar-refractivity contribution in [2.75, 3.05) is 20.3 Å². The molecule has 0 radical (unpaired) electrons. The second kappa shape index (κ2) is 5.57. The number of benzene rings is 1. The second-order valence-corrected chi connectivity index (χ2v) is 2.80. The van der Waals surface area contributed by atoms with E-state index in [2.05, 4.69) is 0 Å². The molecule has 1 aromatic rings. The zero-order valence-corrected chi connectivity index (χ0v) is 8.13. The highest BCUT2D eigenvalue weighted by atomic mass is 19.1. The summed E-state index contributed by atoms with van der Waals surface area (Å²) >= 11 is 0. The molecular weight excluding hydrogens is 185 g/mol. The lowest BCUT2D eigenvalue weighted by Crippen LogP contribution is -2.08. The Balaban J connectivity index is 2.59. The Hall–Kier alpha value is -1.13. The molecule has 0 heterocycles. The highest BCUT2D eigenvalue weighted by Gasteiger charge is 2.03. The van der Waals surface area contributed by atoms with Crippen LogP contribution in [0.2, 0.25) is 0 Å². The van der Waals surface area contributed by atoms with E-state index in [-0.39, 0.29) is 12.4 Å². The van der Waals surface area contributed by atoms with E-state index < -0.39 is 0 Å². The van der Waals surface area contributed by atoms with Crippen molar-refractivity contribution < 1.29 is 13.9 Å². The fraction of sp³-hybridized carbons (Fsp3) is 0.400. The fourth-order valence-electron chi connectivity index (χ4n) is 1.04. The first-order chi connectivity index (χ1) is 6.77. The molecule has 0 aromatic heterocycles. The van der Waals surface area contributed by atoms with Crippen LogP contribution in [0.25, 0.3) is 0 Å². The number of hydrogen-bond acceptors (Lipinski definition) is 3. The lowest BCUT2D eigenvalue weighted by Gasteiger charge is -2.05. The fourth-order valence-corrected chi connectivity index (χ4v) is 1.04. The van der Waals surface area contributed by atoms with E-state index in [1.165, 1.54) is 13.2 Å². The molecule has 2 N–H and O–H groups in total. The standard InChI is InChI=1S/C10H14FNO2/c1-13-9-3-2-8(10(11)6-9)7-14-5-4-12/h2-3,6H,4-5,7,12H2,1H3. The molecule has 0 aliphatic heterocycles. The van der Waals surface area contributed by atoms with Gasteiger partial charge in [-0.3, -0.25) is 0 Å². The maximum Gasteiger partial charge on any atom is 0.132 e. The molecule has 0 aliphatic rings. The first kappa shape index (κ1) is 10.9. The Kier molecular flexibility index (Phi) is 4.35. The molecular formula is C10H14FNO2. The van der Waals surface area contributed by atoms with E-state index >= 15 is 0 Å². The topological polar surface area (TPSA) is 44.5 Å². The average molecular weight is 199 g/mol. The molecule has 0 bridgehead atoms. The third-order valence-corrected chi connectivity index (χ3v) is 1.78. The van der Waals surface area contributed by atoms with Crippen LogP contribution in [0.4, 0.5) is 4.39 Å². The molecule has 0 aliphatic carbocycles. The van der Waals surface area contributed by atoms with Gasteiger partial charge in [-0.25, -0.2) is 4.39 Å². The number of ether oxygens (including phenoxy) is 2. The first-order valence-electron chi connectivity index (χ1n) is 4.38. The van der Waals surface area contributed by atoms with Gasteiger partial charge < -0.3 is 15.2 Å². The van der Waals surface area contributed by atoms with Crippen LogP contribution in [0, 0.1) is 5.82 Å². The second-order valence-electron chi connectivity index (χ2n) is 2.80. The zero-order chi connectivity index (χ0) is 10.4. The van der Waals surface area contributed by atoms with Crippen LogP contribution in [-0.2, 0) is 11.3 Å². The third kappa shape index (κ3) is 2.97. The summed E-state index contributed by atoms with van der Waals surface area (Å²) < 4.78 is 23.3. The number of halogens is 1. The maximum absolute atomic E-state index is 13.3. The SMILES string of the molecule is COc1ccc(COCCN)c(F)c1. The Morgan fingerprint density at radius 1 is 1.43 bits per heavy atom. The Labute approximate surface area is 82.6 Å². The third-order valence-electron chi connectivity index (χ3n) is 1.78. The Bertz CT molecular complexity index is 291. The molecule has 0 fully saturated rings. The predicted octanol–water partition coefficient (Wildman–Crippen LogP) is 1.31. The lowest BCUT2D eigenvalue weighted by atomic mass is 10.2. The Morgan fingerprint density at radius 3 is 2.79 bits per heavy atom. The van der Waals surface area contributed by atoms with Gasteiger partial charge in [-0.1, -0.05) is 6.07 Å². The van der Waals surface area contributed by atoms with Gasteiger partial charge in [0, 0.05) is 18.2 Å². The van der Waals surface area contributed by atoms with E-state index in [1.54, 1.807) is 12.1 Å². The summed E-state index contributed by atoms with van der Waals surface area (Å²) in [6.07, 6.45) is 0. The smallest absolute Gasteiger partial charge is 0.132 e. The summed E-state index contributed by atoms with van der Waals surface area (Å²) in [5.41, 5.74) is 5.75. The van der Waals surface area contributed by atoms with E-state index in [0.29, 0.717) is 24.5 Å². The molecule has 78 valence electrons. The van der Waals surface area contributed by atoms with Gasteiger partial charge in [-0.15, -0.1) is 0 Å². The van der Waals surface area contributed by atoms with Crippen LogP contribution in [-0.4, -0.2) is 20.3 Å². The van der Waals surface area contributed by atoms with E-state index in [9.17, 15) is 4.39 Å². The van der Waals surface area contributed by atoms with Crippen molar-refractivity contribution >= 4 is 0 Å². The molecule has 0 unspecified atom stereocenters. The van der Waals surface area contributed by atoms with Crippen LogP contribution < -0.4 is 10.5 Å². The quantitative estimate of drug-likeness (QED) is 0.727. The molecule has 0 amide bonds. The van der Waals surface area contributed by atoms with Crippen molar-refractivity contribution in [3.8, 4) is 5.75 Å². The molecule has 3 nitrogen and oxygen atoms in total. The number of rotatable bonds is 5. The van der Waals surface area contributed by atoms with Gasteiger partial charge in [0.1, 0.15) is 11.6 Å². The van der Waals surface area contributed by atoms with Crippen LogP contribution in [0.1, 0.15) is 5.56 Å². The Morgan fingerprint density at radius 2 is 2.21 bits per heavy atom. The minimum absolute atomic E-state index is 0.243. The highest BCUT2D eigenvalue weighted by molar-refractivity contribution is 5.28. The normalized spacial score (nSPS) is 10.2. The van der Waals surface area contributed by atoms with Crippen molar-refractivity contribution in [3.63, 3.8) is 0 Å². The van der Waals surface area contributed by atoms with E-state index in [4.69, 9.17) is 15.2 Å². The summed E-state index contributed by atoms with van der Waals surface area (Å²) in [4.78, 5) is 0. The van der Waals surface area contributed by atoms with Gasteiger partial charge in [-0.2, -0.15) is 0 Å². The van der Waals surface area contributed by atoms with Gasteiger partial charge in [0.25, 0.3) is 0 Å².